The highest BCUT2D eigenvalue weighted by molar-refractivity contribution is 6.30. The van der Waals surface area contributed by atoms with E-state index in [9.17, 15) is 4.79 Å². The van der Waals surface area contributed by atoms with Crippen LogP contribution in [0.2, 0.25) is 5.02 Å². The number of rotatable bonds is 3. The topological polar surface area (TPSA) is 32.8 Å². The number of halogens is 1. The first-order valence-electron chi connectivity index (χ1n) is 9.14. The summed E-state index contributed by atoms with van der Waals surface area (Å²) in [7, 11) is 0. The van der Waals surface area contributed by atoms with E-state index in [2.05, 4.69) is 23.1 Å². The Kier molecular flexibility index (Phi) is 5.25. The molecule has 0 aliphatic carbocycles. The number of carbonyl (C=O) groups is 1. The van der Waals surface area contributed by atoms with E-state index in [-0.39, 0.29) is 11.9 Å². The third kappa shape index (κ3) is 3.78. The summed E-state index contributed by atoms with van der Waals surface area (Å²) < 4.78 is 5.47. The van der Waals surface area contributed by atoms with Gasteiger partial charge in [0, 0.05) is 42.8 Å². The third-order valence-corrected chi connectivity index (χ3v) is 5.53. The van der Waals surface area contributed by atoms with Crippen molar-refractivity contribution in [1.29, 1.82) is 0 Å². The first kappa shape index (κ1) is 17.5. The van der Waals surface area contributed by atoms with Crippen molar-refractivity contribution in [3.63, 3.8) is 0 Å². The maximum absolute atomic E-state index is 13.2. The monoisotopic (exact) mass is 370 g/mol. The van der Waals surface area contributed by atoms with Crippen molar-refractivity contribution in [1.82, 2.24) is 9.80 Å². The molecule has 2 aliphatic rings. The van der Waals surface area contributed by atoms with Crippen molar-refractivity contribution in [3.8, 4) is 0 Å². The zero-order valence-electron chi connectivity index (χ0n) is 14.7. The molecule has 4 nitrogen and oxygen atoms in total. The molecule has 0 radical (unpaired) electrons. The van der Waals surface area contributed by atoms with Crippen molar-refractivity contribution in [2.24, 2.45) is 0 Å². The second-order valence-corrected chi connectivity index (χ2v) is 7.42. The molecule has 0 N–H and O–H groups in total. The predicted molar refractivity (Wildman–Crippen MR) is 103 cm³/mol. The Labute approximate surface area is 159 Å². The van der Waals surface area contributed by atoms with Gasteiger partial charge in [0.1, 0.15) is 0 Å². The molecular formula is C21H23ClN2O2. The highest BCUT2D eigenvalue weighted by Gasteiger charge is 2.31. The second kappa shape index (κ2) is 7.78. The van der Waals surface area contributed by atoms with Crippen LogP contribution in [0.3, 0.4) is 0 Å². The van der Waals surface area contributed by atoms with Crippen LogP contribution in [0.5, 0.6) is 0 Å². The van der Waals surface area contributed by atoms with Gasteiger partial charge in [-0.05, 0) is 41.8 Å². The molecular weight excluding hydrogens is 348 g/mol. The second-order valence-electron chi connectivity index (χ2n) is 6.98. The molecule has 0 aromatic heterocycles. The molecule has 4 rings (SSSR count). The Morgan fingerprint density at radius 3 is 2.46 bits per heavy atom. The molecule has 1 atom stereocenters. The van der Waals surface area contributed by atoms with Crippen molar-refractivity contribution in [2.75, 3.05) is 32.8 Å². The predicted octanol–water partition coefficient (Wildman–Crippen LogP) is 3.24. The molecule has 2 aromatic rings. The van der Waals surface area contributed by atoms with Gasteiger partial charge < -0.3 is 9.64 Å². The van der Waals surface area contributed by atoms with Gasteiger partial charge in [-0.25, -0.2) is 0 Å². The summed E-state index contributed by atoms with van der Waals surface area (Å²) in [5, 5.41) is 0.649. The molecule has 0 saturated carbocycles. The average molecular weight is 371 g/mol. The number of nitrogens with zero attached hydrogens (tertiary/aromatic N) is 2. The van der Waals surface area contributed by atoms with Gasteiger partial charge in [-0.3, -0.25) is 9.69 Å². The molecule has 5 heteroatoms. The van der Waals surface area contributed by atoms with Gasteiger partial charge in [-0.2, -0.15) is 0 Å². The normalized spacial score (nSPS) is 20.7. The minimum atomic E-state index is 0.0782. The van der Waals surface area contributed by atoms with Crippen LogP contribution in [-0.2, 0) is 17.7 Å². The van der Waals surface area contributed by atoms with Gasteiger partial charge in [-0.1, -0.05) is 35.9 Å². The standard InChI is InChI=1S/C21H23ClN2O2/c22-19-7-5-16(6-8-19)21(25)24-14-18-4-2-1-3-17(18)13-20(24)15-23-9-11-26-12-10-23/h1-8,20H,9-15H2/t20-/m0/s1. The summed E-state index contributed by atoms with van der Waals surface area (Å²) >= 11 is 5.98. The smallest absolute Gasteiger partial charge is 0.254 e. The van der Waals surface area contributed by atoms with Gasteiger partial charge in [0.05, 0.1) is 13.2 Å². The van der Waals surface area contributed by atoms with E-state index in [1.807, 2.05) is 23.1 Å². The van der Waals surface area contributed by atoms with Gasteiger partial charge in [0.2, 0.25) is 0 Å². The highest BCUT2D eigenvalue weighted by atomic mass is 35.5. The number of morpholine rings is 1. The molecule has 2 heterocycles. The van der Waals surface area contributed by atoms with Gasteiger partial charge >= 0.3 is 0 Å². The summed E-state index contributed by atoms with van der Waals surface area (Å²) in [6, 6.07) is 15.8. The summed E-state index contributed by atoms with van der Waals surface area (Å²) in [6.07, 6.45) is 0.896. The van der Waals surface area contributed by atoms with Crippen LogP contribution in [-0.4, -0.2) is 54.6 Å². The van der Waals surface area contributed by atoms with Crippen LogP contribution in [0.15, 0.2) is 48.5 Å². The minimum absolute atomic E-state index is 0.0782. The van der Waals surface area contributed by atoms with Crippen LogP contribution in [0, 0.1) is 0 Å². The maximum atomic E-state index is 13.2. The fourth-order valence-electron chi connectivity index (χ4n) is 3.83. The lowest BCUT2D eigenvalue weighted by molar-refractivity contribution is 0.0193. The summed E-state index contributed by atoms with van der Waals surface area (Å²) in [6.45, 7) is 4.95. The minimum Gasteiger partial charge on any atom is -0.379 e. The molecule has 1 amide bonds. The molecule has 0 bridgehead atoms. The van der Waals surface area contributed by atoms with E-state index < -0.39 is 0 Å². The molecule has 0 spiro atoms. The first-order chi connectivity index (χ1) is 12.7. The number of hydrogen-bond acceptors (Lipinski definition) is 3. The number of ether oxygens (including phenoxy) is 1. The number of benzene rings is 2. The maximum Gasteiger partial charge on any atom is 0.254 e. The molecule has 26 heavy (non-hydrogen) atoms. The van der Waals surface area contributed by atoms with Crippen molar-refractivity contribution >= 4 is 17.5 Å². The average Bonchev–Trinajstić information content (AvgIpc) is 2.68. The number of hydrogen-bond donors (Lipinski definition) is 0. The van der Waals surface area contributed by atoms with Crippen LogP contribution < -0.4 is 0 Å². The van der Waals surface area contributed by atoms with E-state index in [0.29, 0.717) is 17.1 Å². The van der Waals surface area contributed by atoms with E-state index in [1.54, 1.807) is 12.1 Å². The van der Waals surface area contributed by atoms with Crippen LogP contribution in [0.25, 0.3) is 0 Å². The van der Waals surface area contributed by atoms with Crippen LogP contribution in [0.4, 0.5) is 0 Å². The van der Waals surface area contributed by atoms with Crippen molar-refractivity contribution < 1.29 is 9.53 Å². The highest BCUT2D eigenvalue weighted by Crippen LogP contribution is 2.26. The first-order valence-corrected chi connectivity index (χ1v) is 9.52. The summed E-state index contributed by atoms with van der Waals surface area (Å²) in [4.78, 5) is 17.6. The number of carbonyl (C=O) groups excluding carboxylic acids is 1. The molecule has 2 aliphatic heterocycles. The lowest BCUT2D eigenvalue weighted by Crippen LogP contribution is -2.52. The zero-order chi connectivity index (χ0) is 17.9. The van der Waals surface area contributed by atoms with E-state index >= 15 is 0 Å². The Morgan fingerprint density at radius 1 is 1.04 bits per heavy atom. The van der Waals surface area contributed by atoms with Gasteiger partial charge in [-0.15, -0.1) is 0 Å². The fraction of sp³-hybridized carbons (Fsp3) is 0.381. The van der Waals surface area contributed by atoms with Gasteiger partial charge in [0.15, 0.2) is 0 Å². The molecule has 1 fully saturated rings. The fourth-order valence-corrected chi connectivity index (χ4v) is 3.95. The van der Waals surface area contributed by atoms with Crippen LogP contribution >= 0.6 is 11.6 Å². The summed E-state index contributed by atoms with van der Waals surface area (Å²) in [5.74, 6) is 0.0782. The van der Waals surface area contributed by atoms with Gasteiger partial charge in [0.25, 0.3) is 5.91 Å². The van der Waals surface area contributed by atoms with E-state index in [0.717, 1.165) is 39.3 Å². The SMILES string of the molecule is O=C(c1ccc(Cl)cc1)N1Cc2ccccc2C[C@H]1CN1CCOCC1. The lowest BCUT2D eigenvalue weighted by atomic mass is 9.93. The Hall–Kier alpha value is -1.88. The molecule has 2 aromatic carbocycles. The Morgan fingerprint density at radius 2 is 1.73 bits per heavy atom. The third-order valence-electron chi connectivity index (χ3n) is 5.28. The Bertz CT molecular complexity index is 772. The van der Waals surface area contributed by atoms with E-state index in [1.165, 1.54) is 11.1 Å². The largest absolute Gasteiger partial charge is 0.379 e. The quantitative estimate of drug-likeness (QED) is 0.831. The molecule has 136 valence electrons. The molecule has 1 saturated heterocycles. The Balaban J connectivity index is 1.59. The summed E-state index contributed by atoms with van der Waals surface area (Å²) in [5.41, 5.74) is 3.29. The van der Waals surface area contributed by atoms with Crippen molar-refractivity contribution in [2.45, 2.75) is 19.0 Å². The lowest BCUT2D eigenvalue weighted by Gasteiger charge is -2.40. The molecule has 0 unspecified atom stereocenters. The van der Waals surface area contributed by atoms with E-state index in [4.69, 9.17) is 16.3 Å². The van der Waals surface area contributed by atoms with Crippen LogP contribution in [0.1, 0.15) is 21.5 Å². The number of fused-ring (bicyclic) bond motifs is 1. The van der Waals surface area contributed by atoms with Crippen molar-refractivity contribution in [3.05, 3.63) is 70.2 Å². The zero-order valence-corrected chi connectivity index (χ0v) is 15.5. The number of amides is 1.